The molecule has 1 heterocycles. The van der Waals surface area contributed by atoms with Crippen LogP contribution >= 0.6 is 11.3 Å². The summed E-state index contributed by atoms with van der Waals surface area (Å²) >= 11 is 1.58. The molecule has 1 rings (SSSR count). The zero-order valence-electron chi connectivity index (χ0n) is 8.99. The molecule has 0 aliphatic rings. The third-order valence-corrected chi connectivity index (χ3v) is 2.83. The first-order valence-corrected chi connectivity index (χ1v) is 5.75. The molecule has 84 valence electrons. The summed E-state index contributed by atoms with van der Waals surface area (Å²) in [5.41, 5.74) is 0. The fourth-order valence-electron chi connectivity index (χ4n) is 1.10. The summed E-state index contributed by atoms with van der Waals surface area (Å²) in [6.07, 6.45) is 2.24. The van der Waals surface area contributed by atoms with Crippen molar-refractivity contribution in [2.75, 3.05) is 0 Å². The molecule has 1 amide bonds. The molecule has 0 bridgehead atoms. The Kier molecular flexibility index (Phi) is 4.71. The molecule has 0 radical (unpaired) electrons. The Labute approximate surface area is 93.4 Å². The maximum atomic E-state index is 11.3. The van der Waals surface area contributed by atoms with Crippen LogP contribution in [0.5, 0.6) is 0 Å². The van der Waals surface area contributed by atoms with Crippen LogP contribution in [0.3, 0.4) is 0 Å². The molecule has 0 spiro atoms. The maximum Gasteiger partial charge on any atom is 0.220 e. The molecular formula is C10H16N2O2S. The van der Waals surface area contributed by atoms with Crippen LogP contribution in [0.4, 0.5) is 0 Å². The van der Waals surface area contributed by atoms with E-state index < -0.39 is 6.10 Å². The van der Waals surface area contributed by atoms with E-state index in [2.05, 4.69) is 10.3 Å². The SMILES string of the molecule is Cc1ncc(CNC(=O)CCC(C)O)s1. The van der Waals surface area contributed by atoms with Crippen molar-refractivity contribution in [2.24, 2.45) is 0 Å². The minimum absolute atomic E-state index is 0.0260. The predicted molar refractivity (Wildman–Crippen MR) is 59.6 cm³/mol. The van der Waals surface area contributed by atoms with Crippen molar-refractivity contribution in [1.82, 2.24) is 10.3 Å². The van der Waals surface area contributed by atoms with Crippen molar-refractivity contribution in [3.8, 4) is 0 Å². The zero-order chi connectivity index (χ0) is 11.3. The van der Waals surface area contributed by atoms with Crippen molar-refractivity contribution in [3.05, 3.63) is 16.1 Å². The quantitative estimate of drug-likeness (QED) is 0.796. The minimum atomic E-state index is -0.415. The van der Waals surface area contributed by atoms with Crippen LogP contribution < -0.4 is 5.32 Å². The van der Waals surface area contributed by atoms with Gasteiger partial charge in [-0.25, -0.2) is 4.98 Å². The van der Waals surface area contributed by atoms with E-state index in [9.17, 15) is 4.79 Å². The Balaban J connectivity index is 2.22. The number of hydrogen-bond donors (Lipinski definition) is 2. The molecule has 0 saturated heterocycles. The fourth-order valence-corrected chi connectivity index (χ4v) is 1.84. The monoisotopic (exact) mass is 228 g/mol. The number of hydrogen-bond acceptors (Lipinski definition) is 4. The second-order valence-electron chi connectivity index (χ2n) is 3.51. The lowest BCUT2D eigenvalue weighted by atomic mass is 10.2. The van der Waals surface area contributed by atoms with Crippen molar-refractivity contribution in [1.29, 1.82) is 0 Å². The first-order valence-electron chi connectivity index (χ1n) is 4.94. The highest BCUT2D eigenvalue weighted by molar-refractivity contribution is 7.11. The van der Waals surface area contributed by atoms with Crippen LogP contribution in [-0.4, -0.2) is 22.1 Å². The first-order chi connectivity index (χ1) is 7.08. The summed E-state index contributed by atoms with van der Waals surface area (Å²) in [5.74, 6) is -0.0260. The molecule has 5 heteroatoms. The van der Waals surface area contributed by atoms with Crippen molar-refractivity contribution in [3.63, 3.8) is 0 Å². The van der Waals surface area contributed by atoms with Crippen molar-refractivity contribution < 1.29 is 9.90 Å². The van der Waals surface area contributed by atoms with E-state index >= 15 is 0 Å². The van der Waals surface area contributed by atoms with Gasteiger partial charge in [-0.2, -0.15) is 0 Å². The molecule has 1 unspecified atom stereocenters. The van der Waals surface area contributed by atoms with Gasteiger partial charge >= 0.3 is 0 Å². The number of aliphatic hydroxyl groups is 1. The van der Waals surface area contributed by atoms with Crippen molar-refractivity contribution in [2.45, 2.75) is 39.3 Å². The third kappa shape index (κ3) is 4.90. The topological polar surface area (TPSA) is 62.2 Å². The second kappa shape index (κ2) is 5.82. The molecule has 0 fully saturated rings. The molecule has 1 atom stereocenters. The summed E-state index contributed by atoms with van der Waals surface area (Å²) < 4.78 is 0. The second-order valence-corrected chi connectivity index (χ2v) is 4.83. The average molecular weight is 228 g/mol. The first kappa shape index (κ1) is 12.1. The Morgan fingerprint density at radius 2 is 2.47 bits per heavy atom. The van der Waals surface area contributed by atoms with E-state index in [-0.39, 0.29) is 5.91 Å². The van der Waals surface area contributed by atoms with Gasteiger partial charge in [-0.05, 0) is 20.3 Å². The van der Waals surface area contributed by atoms with E-state index in [0.29, 0.717) is 19.4 Å². The molecule has 1 aromatic heterocycles. The number of nitrogens with zero attached hydrogens (tertiary/aromatic N) is 1. The van der Waals surface area contributed by atoms with Crippen LogP contribution in [0.1, 0.15) is 29.7 Å². The Bertz CT molecular complexity index is 323. The van der Waals surface area contributed by atoms with Gasteiger partial charge in [0.25, 0.3) is 0 Å². The highest BCUT2D eigenvalue weighted by Gasteiger charge is 2.04. The number of carbonyl (C=O) groups excluding carboxylic acids is 1. The van der Waals surface area contributed by atoms with Gasteiger partial charge in [0.05, 0.1) is 17.7 Å². The van der Waals surface area contributed by atoms with E-state index in [0.717, 1.165) is 9.88 Å². The van der Waals surface area contributed by atoms with Gasteiger partial charge in [0.2, 0.25) is 5.91 Å². The molecule has 0 aliphatic heterocycles. The number of rotatable bonds is 5. The molecule has 1 aromatic rings. The molecule has 15 heavy (non-hydrogen) atoms. The van der Waals surface area contributed by atoms with E-state index in [1.165, 1.54) is 0 Å². The number of carbonyl (C=O) groups is 1. The maximum absolute atomic E-state index is 11.3. The number of aryl methyl sites for hydroxylation is 1. The van der Waals surface area contributed by atoms with Crippen LogP contribution in [-0.2, 0) is 11.3 Å². The van der Waals surface area contributed by atoms with Crippen molar-refractivity contribution >= 4 is 17.2 Å². The normalized spacial score (nSPS) is 12.5. The Morgan fingerprint density at radius 1 is 1.73 bits per heavy atom. The average Bonchev–Trinajstić information content (AvgIpc) is 2.58. The Morgan fingerprint density at radius 3 is 3.00 bits per heavy atom. The molecule has 0 saturated carbocycles. The summed E-state index contributed by atoms with van der Waals surface area (Å²) in [5, 5.41) is 12.8. The summed E-state index contributed by atoms with van der Waals surface area (Å²) in [7, 11) is 0. The van der Waals surface area contributed by atoms with Gasteiger partial charge < -0.3 is 10.4 Å². The van der Waals surface area contributed by atoms with Crippen LogP contribution in [0, 0.1) is 6.92 Å². The molecule has 0 aliphatic carbocycles. The lowest BCUT2D eigenvalue weighted by Crippen LogP contribution is -2.23. The lowest BCUT2D eigenvalue weighted by molar-refractivity contribution is -0.121. The number of aliphatic hydroxyl groups excluding tert-OH is 1. The smallest absolute Gasteiger partial charge is 0.220 e. The van der Waals surface area contributed by atoms with Crippen LogP contribution in [0.2, 0.25) is 0 Å². The largest absolute Gasteiger partial charge is 0.393 e. The highest BCUT2D eigenvalue weighted by Crippen LogP contribution is 2.10. The van der Waals surface area contributed by atoms with E-state index in [1.54, 1.807) is 24.5 Å². The van der Waals surface area contributed by atoms with E-state index in [4.69, 9.17) is 5.11 Å². The van der Waals surface area contributed by atoms with Crippen LogP contribution in [0.15, 0.2) is 6.20 Å². The predicted octanol–water partition coefficient (Wildman–Crippen LogP) is 1.23. The van der Waals surface area contributed by atoms with Gasteiger partial charge in [0.15, 0.2) is 0 Å². The number of thiazole rings is 1. The third-order valence-electron chi connectivity index (χ3n) is 1.92. The minimum Gasteiger partial charge on any atom is -0.393 e. The molecule has 2 N–H and O–H groups in total. The standard InChI is InChI=1S/C10H16N2O2S/c1-7(13)3-4-10(14)12-6-9-5-11-8(2)15-9/h5,7,13H,3-4,6H2,1-2H3,(H,12,14). The lowest BCUT2D eigenvalue weighted by Gasteiger charge is -2.04. The highest BCUT2D eigenvalue weighted by atomic mass is 32.1. The van der Waals surface area contributed by atoms with E-state index in [1.807, 2.05) is 6.92 Å². The summed E-state index contributed by atoms with van der Waals surface area (Å²) in [6, 6.07) is 0. The van der Waals surface area contributed by atoms with Gasteiger partial charge in [-0.15, -0.1) is 11.3 Å². The number of nitrogens with one attached hydrogen (secondary N) is 1. The summed E-state index contributed by atoms with van der Waals surface area (Å²) in [6.45, 7) is 4.15. The van der Waals surface area contributed by atoms with Gasteiger partial charge in [-0.1, -0.05) is 0 Å². The number of aromatic nitrogens is 1. The van der Waals surface area contributed by atoms with Gasteiger partial charge in [0.1, 0.15) is 0 Å². The van der Waals surface area contributed by atoms with Gasteiger partial charge in [-0.3, -0.25) is 4.79 Å². The summed E-state index contributed by atoms with van der Waals surface area (Å²) in [4.78, 5) is 16.4. The fraction of sp³-hybridized carbons (Fsp3) is 0.600. The zero-order valence-corrected chi connectivity index (χ0v) is 9.80. The number of amides is 1. The Hall–Kier alpha value is -0.940. The van der Waals surface area contributed by atoms with Crippen LogP contribution in [0.25, 0.3) is 0 Å². The molecule has 4 nitrogen and oxygen atoms in total. The molecule has 0 aromatic carbocycles. The van der Waals surface area contributed by atoms with Gasteiger partial charge in [0, 0.05) is 17.5 Å². The molecular weight excluding hydrogens is 212 g/mol.